The van der Waals surface area contributed by atoms with Gasteiger partial charge in [-0.2, -0.15) is 0 Å². The van der Waals surface area contributed by atoms with Crippen LogP contribution < -0.4 is 0 Å². The van der Waals surface area contributed by atoms with Gasteiger partial charge in [-0.15, -0.1) is 0 Å². The van der Waals surface area contributed by atoms with E-state index in [0.717, 1.165) is 5.52 Å². The van der Waals surface area contributed by atoms with Crippen molar-refractivity contribution in [2.75, 3.05) is 0 Å². The number of nitrogens with zero attached hydrogens (tertiary/aromatic N) is 3. The predicted molar refractivity (Wildman–Crippen MR) is 63.2 cm³/mol. The third-order valence-electron chi connectivity index (χ3n) is 2.79. The fourth-order valence-electron chi connectivity index (χ4n) is 1.89. The van der Waals surface area contributed by atoms with Gasteiger partial charge in [-0.25, -0.2) is 9.78 Å². The van der Waals surface area contributed by atoms with Crippen LogP contribution in [-0.4, -0.2) is 25.8 Å². The first-order chi connectivity index (χ1) is 8.66. The van der Waals surface area contributed by atoms with Crippen molar-refractivity contribution in [2.24, 2.45) is 7.05 Å². The SMILES string of the molecule is Cn1c(-c2ccon2)nc2cc(C(=O)O)ccc21. The normalized spacial score (nSPS) is 10.9. The molecule has 18 heavy (non-hydrogen) atoms. The minimum atomic E-state index is -0.967. The molecule has 0 fully saturated rings. The molecule has 90 valence electrons. The Labute approximate surface area is 101 Å². The summed E-state index contributed by atoms with van der Waals surface area (Å²) in [6.45, 7) is 0. The van der Waals surface area contributed by atoms with Gasteiger partial charge in [0.15, 0.2) is 5.82 Å². The summed E-state index contributed by atoms with van der Waals surface area (Å²) in [6, 6.07) is 6.54. The highest BCUT2D eigenvalue weighted by atomic mass is 16.5. The van der Waals surface area contributed by atoms with Gasteiger partial charge < -0.3 is 14.2 Å². The summed E-state index contributed by atoms with van der Waals surface area (Å²) >= 11 is 0. The van der Waals surface area contributed by atoms with Crippen LogP contribution in [0.1, 0.15) is 10.4 Å². The quantitative estimate of drug-likeness (QED) is 0.743. The largest absolute Gasteiger partial charge is 0.478 e. The number of fused-ring (bicyclic) bond motifs is 1. The lowest BCUT2D eigenvalue weighted by Crippen LogP contribution is -1.95. The van der Waals surface area contributed by atoms with Crippen LogP contribution in [0.2, 0.25) is 0 Å². The van der Waals surface area contributed by atoms with E-state index in [2.05, 4.69) is 10.1 Å². The van der Waals surface area contributed by atoms with Gasteiger partial charge in [-0.3, -0.25) is 0 Å². The lowest BCUT2D eigenvalue weighted by molar-refractivity contribution is 0.0697. The maximum atomic E-state index is 10.9. The molecule has 6 nitrogen and oxygen atoms in total. The van der Waals surface area contributed by atoms with E-state index in [0.29, 0.717) is 17.0 Å². The number of carboxylic acids is 1. The monoisotopic (exact) mass is 243 g/mol. The number of imidazole rings is 1. The molecule has 0 radical (unpaired) electrons. The molecule has 0 unspecified atom stereocenters. The molecule has 0 saturated carbocycles. The molecule has 1 N–H and O–H groups in total. The van der Waals surface area contributed by atoms with Crippen LogP contribution in [-0.2, 0) is 7.05 Å². The Kier molecular flexibility index (Phi) is 2.16. The molecule has 2 heterocycles. The molecule has 0 bridgehead atoms. The minimum absolute atomic E-state index is 0.215. The zero-order valence-corrected chi connectivity index (χ0v) is 9.49. The molecule has 2 aromatic heterocycles. The second kappa shape index (κ2) is 3.69. The van der Waals surface area contributed by atoms with Crippen LogP contribution in [0, 0.1) is 0 Å². The van der Waals surface area contributed by atoms with Gasteiger partial charge in [-0.1, -0.05) is 5.16 Å². The fraction of sp³-hybridized carbons (Fsp3) is 0.0833. The van der Waals surface area contributed by atoms with Crippen LogP contribution in [0.3, 0.4) is 0 Å². The molecule has 3 aromatic rings. The number of benzene rings is 1. The maximum Gasteiger partial charge on any atom is 0.335 e. The van der Waals surface area contributed by atoms with E-state index in [-0.39, 0.29) is 5.56 Å². The van der Waals surface area contributed by atoms with Gasteiger partial charge in [0, 0.05) is 13.1 Å². The summed E-state index contributed by atoms with van der Waals surface area (Å²) in [5.41, 5.74) is 2.30. The minimum Gasteiger partial charge on any atom is -0.478 e. The van der Waals surface area contributed by atoms with Crippen molar-refractivity contribution < 1.29 is 14.4 Å². The molecule has 0 saturated heterocycles. The molecular formula is C12H9N3O3. The second-order valence-corrected chi connectivity index (χ2v) is 3.89. The van der Waals surface area contributed by atoms with Crippen LogP contribution in [0.25, 0.3) is 22.6 Å². The first-order valence-electron chi connectivity index (χ1n) is 5.27. The third-order valence-corrected chi connectivity index (χ3v) is 2.79. The third kappa shape index (κ3) is 1.46. The average molecular weight is 243 g/mol. The highest BCUT2D eigenvalue weighted by Crippen LogP contribution is 2.23. The average Bonchev–Trinajstić information content (AvgIpc) is 2.97. The summed E-state index contributed by atoms with van der Waals surface area (Å²) in [4.78, 5) is 15.3. The number of hydrogen-bond donors (Lipinski definition) is 1. The van der Waals surface area contributed by atoms with E-state index < -0.39 is 5.97 Å². The van der Waals surface area contributed by atoms with E-state index in [4.69, 9.17) is 9.63 Å². The smallest absolute Gasteiger partial charge is 0.335 e. The van der Waals surface area contributed by atoms with Crippen molar-refractivity contribution in [3.63, 3.8) is 0 Å². The Morgan fingerprint density at radius 2 is 2.22 bits per heavy atom. The topological polar surface area (TPSA) is 81.2 Å². The summed E-state index contributed by atoms with van der Waals surface area (Å²) in [7, 11) is 1.85. The highest BCUT2D eigenvalue weighted by molar-refractivity contribution is 5.93. The van der Waals surface area contributed by atoms with Gasteiger partial charge in [0.05, 0.1) is 16.6 Å². The zero-order chi connectivity index (χ0) is 12.7. The van der Waals surface area contributed by atoms with E-state index in [9.17, 15) is 4.79 Å². The van der Waals surface area contributed by atoms with Crippen LogP contribution in [0.15, 0.2) is 35.1 Å². The van der Waals surface area contributed by atoms with Crippen molar-refractivity contribution in [3.05, 3.63) is 36.1 Å². The van der Waals surface area contributed by atoms with Crippen molar-refractivity contribution in [2.45, 2.75) is 0 Å². The maximum absolute atomic E-state index is 10.9. The fourth-order valence-corrected chi connectivity index (χ4v) is 1.89. The lowest BCUT2D eigenvalue weighted by Gasteiger charge is -1.98. The first-order valence-corrected chi connectivity index (χ1v) is 5.27. The summed E-state index contributed by atoms with van der Waals surface area (Å²) < 4.78 is 6.63. The number of carboxylic acid groups (broad SMARTS) is 1. The van der Waals surface area contributed by atoms with Gasteiger partial charge in [-0.05, 0) is 18.2 Å². The Morgan fingerprint density at radius 1 is 1.39 bits per heavy atom. The number of carbonyl (C=O) groups is 1. The Morgan fingerprint density at radius 3 is 2.89 bits per heavy atom. The molecular weight excluding hydrogens is 234 g/mol. The standard InChI is InChI=1S/C12H9N3O3/c1-15-10-3-2-7(12(16)17)6-9(10)13-11(15)8-4-5-18-14-8/h2-6H,1H3,(H,16,17). The number of rotatable bonds is 2. The van der Waals surface area contributed by atoms with Crippen molar-refractivity contribution in [1.29, 1.82) is 0 Å². The van der Waals surface area contributed by atoms with Crippen LogP contribution in [0.4, 0.5) is 0 Å². The first kappa shape index (κ1) is 10.5. The molecule has 0 aliphatic carbocycles. The van der Waals surface area contributed by atoms with E-state index in [1.54, 1.807) is 24.3 Å². The predicted octanol–water partition coefficient (Wildman–Crippen LogP) is 1.93. The molecule has 0 atom stereocenters. The molecule has 0 aliphatic heterocycles. The molecule has 1 aromatic carbocycles. The number of aryl methyl sites for hydroxylation is 1. The Hall–Kier alpha value is -2.63. The van der Waals surface area contributed by atoms with Gasteiger partial charge in [0.25, 0.3) is 0 Å². The highest BCUT2D eigenvalue weighted by Gasteiger charge is 2.13. The van der Waals surface area contributed by atoms with Crippen molar-refractivity contribution in [3.8, 4) is 11.5 Å². The van der Waals surface area contributed by atoms with Crippen molar-refractivity contribution in [1.82, 2.24) is 14.7 Å². The van der Waals surface area contributed by atoms with Gasteiger partial charge in [0.1, 0.15) is 12.0 Å². The van der Waals surface area contributed by atoms with Gasteiger partial charge in [0.2, 0.25) is 0 Å². The number of aromatic nitrogens is 3. The van der Waals surface area contributed by atoms with Crippen LogP contribution >= 0.6 is 0 Å². The van der Waals surface area contributed by atoms with E-state index >= 15 is 0 Å². The second-order valence-electron chi connectivity index (χ2n) is 3.89. The van der Waals surface area contributed by atoms with E-state index in [1.807, 2.05) is 11.6 Å². The lowest BCUT2D eigenvalue weighted by atomic mass is 10.2. The zero-order valence-electron chi connectivity index (χ0n) is 9.49. The van der Waals surface area contributed by atoms with Crippen LogP contribution in [0.5, 0.6) is 0 Å². The summed E-state index contributed by atoms with van der Waals surface area (Å²) in [5.74, 6) is -0.327. The molecule has 0 aliphatic rings. The molecule has 0 amide bonds. The number of aromatic carboxylic acids is 1. The molecule has 6 heteroatoms. The molecule has 0 spiro atoms. The summed E-state index contributed by atoms with van der Waals surface area (Å²) in [5, 5.41) is 12.8. The molecule has 3 rings (SSSR count). The summed E-state index contributed by atoms with van der Waals surface area (Å²) in [6.07, 6.45) is 1.47. The van der Waals surface area contributed by atoms with E-state index in [1.165, 1.54) is 6.26 Å². The Bertz CT molecular complexity index is 728. The van der Waals surface area contributed by atoms with Gasteiger partial charge >= 0.3 is 5.97 Å². The Balaban J connectivity index is 2.25. The number of hydrogen-bond acceptors (Lipinski definition) is 4. The van der Waals surface area contributed by atoms with Crippen molar-refractivity contribution >= 4 is 17.0 Å².